The molecule has 1 aromatic rings. The van der Waals surface area contributed by atoms with Gasteiger partial charge in [-0.15, -0.1) is 0 Å². The van der Waals surface area contributed by atoms with Gasteiger partial charge in [0, 0.05) is 31.1 Å². The fourth-order valence-corrected chi connectivity index (χ4v) is 2.03. The Kier molecular flexibility index (Phi) is 2.26. The Morgan fingerprint density at radius 2 is 2.35 bits per heavy atom. The van der Waals surface area contributed by atoms with Gasteiger partial charge in [-0.25, -0.2) is 0 Å². The number of amides is 1. The summed E-state index contributed by atoms with van der Waals surface area (Å²) in [5, 5.41) is 5.86. The number of rotatable bonds is 1. The molecule has 5 heteroatoms. The Morgan fingerprint density at radius 3 is 3.18 bits per heavy atom. The van der Waals surface area contributed by atoms with Crippen LogP contribution in [-0.4, -0.2) is 23.7 Å². The fraction of sp³-hybridized carbons (Fsp3) is 0.250. The second-order valence-electron chi connectivity index (χ2n) is 4.16. The summed E-state index contributed by atoms with van der Waals surface area (Å²) in [6.45, 7) is 4.30. The van der Waals surface area contributed by atoms with Crippen LogP contribution in [0.15, 0.2) is 29.5 Å². The van der Waals surface area contributed by atoms with Crippen LogP contribution in [0.2, 0.25) is 0 Å². The number of carbonyl (C=O) groups is 1. The lowest BCUT2D eigenvalue weighted by Gasteiger charge is -2.25. The molecule has 0 bridgehead atoms. The molecular weight excluding hydrogens is 216 g/mol. The van der Waals surface area contributed by atoms with E-state index in [0.717, 1.165) is 23.4 Å². The summed E-state index contributed by atoms with van der Waals surface area (Å²) in [5.41, 5.74) is 3.36. The van der Waals surface area contributed by atoms with Crippen molar-refractivity contribution >= 4 is 17.8 Å². The molecule has 1 atom stereocenters. The lowest BCUT2D eigenvalue weighted by atomic mass is 10.1. The highest BCUT2D eigenvalue weighted by atomic mass is 16.2. The summed E-state index contributed by atoms with van der Waals surface area (Å²) in [4.78, 5) is 20.4. The molecule has 17 heavy (non-hydrogen) atoms. The van der Waals surface area contributed by atoms with E-state index >= 15 is 0 Å². The molecular formula is C12H12N4O. The number of hydrogen-bond donors (Lipinski definition) is 2. The number of pyridine rings is 1. The van der Waals surface area contributed by atoms with Crippen LogP contribution in [0, 0.1) is 0 Å². The Morgan fingerprint density at radius 1 is 1.47 bits per heavy atom. The van der Waals surface area contributed by atoms with Gasteiger partial charge in [0.25, 0.3) is 0 Å². The fourth-order valence-electron chi connectivity index (χ4n) is 2.03. The van der Waals surface area contributed by atoms with E-state index in [1.54, 1.807) is 6.20 Å². The monoisotopic (exact) mass is 228 g/mol. The number of hydrogen-bond acceptors (Lipinski definition) is 4. The van der Waals surface area contributed by atoms with Crippen LogP contribution in [0.5, 0.6) is 0 Å². The van der Waals surface area contributed by atoms with E-state index in [1.807, 2.05) is 12.3 Å². The summed E-state index contributed by atoms with van der Waals surface area (Å²) < 4.78 is 0. The minimum atomic E-state index is -0.367. The first-order valence-electron chi connectivity index (χ1n) is 5.47. The Balaban J connectivity index is 1.91. The van der Waals surface area contributed by atoms with Gasteiger partial charge in [-0.1, -0.05) is 6.58 Å². The SMILES string of the molecule is C=C1CNC(c2cnc3c(c2)N=CC3)C(=O)N1. The van der Waals surface area contributed by atoms with Crippen LogP contribution in [-0.2, 0) is 11.2 Å². The molecule has 0 saturated carbocycles. The number of carbonyl (C=O) groups excluding carboxylic acids is 1. The van der Waals surface area contributed by atoms with Crippen LogP contribution < -0.4 is 10.6 Å². The third-order valence-electron chi connectivity index (χ3n) is 2.90. The van der Waals surface area contributed by atoms with Crippen molar-refractivity contribution in [1.82, 2.24) is 15.6 Å². The number of piperazine rings is 1. The second kappa shape index (κ2) is 3.78. The molecule has 1 unspecified atom stereocenters. The lowest BCUT2D eigenvalue weighted by Crippen LogP contribution is -2.45. The molecule has 1 aromatic heterocycles. The molecule has 3 heterocycles. The summed E-state index contributed by atoms with van der Waals surface area (Å²) in [6.07, 6.45) is 4.34. The number of fused-ring (bicyclic) bond motifs is 1. The topological polar surface area (TPSA) is 66.4 Å². The van der Waals surface area contributed by atoms with Gasteiger partial charge in [-0.05, 0) is 11.6 Å². The minimum absolute atomic E-state index is 0.0926. The van der Waals surface area contributed by atoms with Gasteiger partial charge in [0.2, 0.25) is 5.91 Å². The van der Waals surface area contributed by atoms with Crippen molar-refractivity contribution in [3.8, 4) is 0 Å². The van der Waals surface area contributed by atoms with Gasteiger partial charge in [0.1, 0.15) is 6.04 Å². The van der Waals surface area contributed by atoms with Crippen molar-refractivity contribution in [3.63, 3.8) is 0 Å². The number of nitrogens with one attached hydrogen (secondary N) is 2. The van der Waals surface area contributed by atoms with Crippen LogP contribution in [0.4, 0.5) is 5.69 Å². The van der Waals surface area contributed by atoms with E-state index in [2.05, 4.69) is 27.2 Å². The molecule has 2 aliphatic heterocycles. The molecule has 0 aromatic carbocycles. The third kappa shape index (κ3) is 1.74. The highest BCUT2D eigenvalue weighted by molar-refractivity contribution is 5.86. The maximum Gasteiger partial charge on any atom is 0.245 e. The molecule has 5 nitrogen and oxygen atoms in total. The highest BCUT2D eigenvalue weighted by Crippen LogP contribution is 2.26. The Hall–Kier alpha value is -2.01. The predicted molar refractivity (Wildman–Crippen MR) is 64.1 cm³/mol. The van der Waals surface area contributed by atoms with Crippen LogP contribution in [0.25, 0.3) is 0 Å². The first-order valence-corrected chi connectivity index (χ1v) is 5.47. The smallest absolute Gasteiger partial charge is 0.245 e. The second-order valence-corrected chi connectivity index (χ2v) is 4.16. The number of aromatic nitrogens is 1. The maximum atomic E-state index is 11.8. The molecule has 0 radical (unpaired) electrons. The van der Waals surface area contributed by atoms with Gasteiger partial charge < -0.3 is 5.32 Å². The molecule has 1 saturated heterocycles. The summed E-state index contributed by atoms with van der Waals surface area (Å²) in [7, 11) is 0. The first-order chi connectivity index (χ1) is 8.24. The Bertz CT molecular complexity index is 535. The molecule has 86 valence electrons. The van der Waals surface area contributed by atoms with E-state index in [1.165, 1.54) is 0 Å². The van der Waals surface area contributed by atoms with Crippen LogP contribution >= 0.6 is 0 Å². The summed E-state index contributed by atoms with van der Waals surface area (Å²) >= 11 is 0. The standard InChI is InChI=1S/C12H12N4O/c1-7-5-15-11(12(17)16-7)8-4-10-9(14-6-8)2-3-13-10/h3-4,6,11,15H,1-2,5H2,(H,16,17). The Labute approximate surface area is 98.7 Å². The molecule has 2 aliphatic rings. The van der Waals surface area contributed by atoms with Gasteiger partial charge in [-0.2, -0.15) is 0 Å². The van der Waals surface area contributed by atoms with Crippen LogP contribution in [0.3, 0.4) is 0 Å². The van der Waals surface area contributed by atoms with Gasteiger partial charge in [0.15, 0.2) is 0 Å². The van der Waals surface area contributed by atoms with Gasteiger partial charge >= 0.3 is 0 Å². The average Bonchev–Trinajstić information content (AvgIpc) is 2.75. The molecule has 0 aliphatic carbocycles. The molecule has 1 amide bonds. The molecule has 3 rings (SSSR count). The van der Waals surface area contributed by atoms with Gasteiger partial charge in [0.05, 0.1) is 11.4 Å². The molecule has 1 fully saturated rings. The highest BCUT2D eigenvalue weighted by Gasteiger charge is 2.26. The average molecular weight is 228 g/mol. The quantitative estimate of drug-likeness (QED) is 0.740. The van der Waals surface area contributed by atoms with E-state index in [4.69, 9.17) is 0 Å². The zero-order chi connectivity index (χ0) is 11.8. The lowest BCUT2D eigenvalue weighted by molar-refractivity contribution is -0.123. The normalized spacial score (nSPS) is 22.5. The van der Waals surface area contributed by atoms with Crippen molar-refractivity contribution in [2.24, 2.45) is 4.99 Å². The molecule has 2 N–H and O–H groups in total. The zero-order valence-corrected chi connectivity index (χ0v) is 9.23. The predicted octanol–water partition coefficient (Wildman–Crippen LogP) is 0.614. The first kappa shape index (κ1) is 10.2. The van der Waals surface area contributed by atoms with Crippen molar-refractivity contribution in [1.29, 1.82) is 0 Å². The van der Waals surface area contributed by atoms with Crippen molar-refractivity contribution < 1.29 is 4.79 Å². The third-order valence-corrected chi connectivity index (χ3v) is 2.90. The van der Waals surface area contributed by atoms with Crippen molar-refractivity contribution in [2.45, 2.75) is 12.5 Å². The largest absolute Gasteiger partial charge is 0.327 e. The van der Waals surface area contributed by atoms with Crippen LogP contribution in [0.1, 0.15) is 17.3 Å². The van der Waals surface area contributed by atoms with E-state index in [-0.39, 0.29) is 11.9 Å². The van der Waals surface area contributed by atoms with E-state index in [0.29, 0.717) is 12.2 Å². The van der Waals surface area contributed by atoms with Crippen molar-refractivity contribution in [2.75, 3.05) is 6.54 Å². The van der Waals surface area contributed by atoms with Gasteiger partial charge in [-0.3, -0.25) is 20.1 Å². The number of nitrogens with zero attached hydrogens (tertiary/aromatic N) is 2. The zero-order valence-electron chi connectivity index (χ0n) is 9.23. The summed E-state index contributed by atoms with van der Waals surface area (Å²) in [5.74, 6) is -0.0926. The molecule has 0 spiro atoms. The summed E-state index contributed by atoms with van der Waals surface area (Å²) in [6, 6.07) is 1.55. The van der Waals surface area contributed by atoms with Crippen molar-refractivity contribution in [3.05, 3.63) is 35.8 Å². The maximum absolute atomic E-state index is 11.8. The van der Waals surface area contributed by atoms with E-state index in [9.17, 15) is 4.79 Å². The number of aliphatic imine (C=N–C) groups is 1. The van der Waals surface area contributed by atoms with E-state index < -0.39 is 0 Å². The minimum Gasteiger partial charge on any atom is -0.327 e.